The van der Waals surface area contributed by atoms with E-state index in [0.29, 0.717) is 17.9 Å². The monoisotopic (exact) mass is 340 g/mol. The molecular weight excluding hydrogens is 320 g/mol. The molecule has 0 saturated carbocycles. The van der Waals surface area contributed by atoms with Crippen LogP contribution in [0.2, 0.25) is 0 Å². The van der Waals surface area contributed by atoms with Crippen LogP contribution in [0.1, 0.15) is 22.8 Å². The third-order valence-corrected chi connectivity index (χ3v) is 4.07. The van der Waals surface area contributed by atoms with Gasteiger partial charge in [-0.1, -0.05) is 23.8 Å². The molecule has 1 heterocycles. The van der Waals surface area contributed by atoms with Gasteiger partial charge >= 0.3 is 11.8 Å². The number of amides is 2. The van der Waals surface area contributed by atoms with E-state index in [1.54, 1.807) is 18.2 Å². The number of nitrogens with one attached hydrogen (secondary N) is 2. The predicted octanol–water partition coefficient (Wildman–Crippen LogP) is 1.72. The molecule has 0 spiro atoms. The van der Waals surface area contributed by atoms with Gasteiger partial charge in [0.2, 0.25) is 0 Å². The minimum Gasteiger partial charge on any atom is -0.493 e. The van der Waals surface area contributed by atoms with Crippen LogP contribution in [0.4, 0.5) is 5.69 Å². The number of aliphatic hydroxyl groups is 1. The quantitative estimate of drug-likeness (QED) is 0.740. The minimum atomic E-state index is -0.887. The Morgan fingerprint density at radius 2 is 1.92 bits per heavy atom. The van der Waals surface area contributed by atoms with Crippen LogP contribution in [-0.2, 0) is 16.0 Å². The van der Waals surface area contributed by atoms with Gasteiger partial charge in [0.1, 0.15) is 5.75 Å². The highest BCUT2D eigenvalue weighted by atomic mass is 16.5. The third kappa shape index (κ3) is 4.16. The number of aliphatic hydroxyl groups excluding tert-OH is 1. The number of carbonyl (C=O) groups excluding carboxylic acids is 2. The van der Waals surface area contributed by atoms with Crippen LogP contribution in [0.25, 0.3) is 0 Å². The maximum absolute atomic E-state index is 11.9. The zero-order chi connectivity index (χ0) is 17.8. The van der Waals surface area contributed by atoms with Crippen molar-refractivity contribution < 1.29 is 19.4 Å². The molecule has 1 unspecified atom stereocenters. The maximum Gasteiger partial charge on any atom is 0.313 e. The van der Waals surface area contributed by atoms with E-state index in [1.807, 2.05) is 31.2 Å². The summed E-state index contributed by atoms with van der Waals surface area (Å²) in [7, 11) is 0. The first-order valence-corrected chi connectivity index (χ1v) is 8.12. The lowest BCUT2D eigenvalue weighted by Crippen LogP contribution is -2.37. The first-order chi connectivity index (χ1) is 12.0. The van der Waals surface area contributed by atoms with Crippen LogP contribution in [-0.4, -0.2) is 30.1 Å². The van der Waals surface area contributed by atoms with E-state index in [4.69, 9.17) is 4.74 Å². The summed E-state index contributed by atoms with van der Waals surface area (Å²) in [5.74, 6) is -0.722. The normalized spacial score (nSPS) is 13.5. The predicted molar refractivity (Wildman–Crippen MR) is 93.4 cm³/mol. The number of fused-ring (bicyclic) bond motifs is 1. The molecule has 3 rings (SSSR count). The third-order valence-electron chi connectivity index (χ3n) is 4.07. The molecule has 130 valence electrons. The molecule has 6 nitrogen and oxygen atoms in total. The number of carbonyl (C=O) groups is 2. The summed E-state index contributed by atoms with van der Waals surface area (Å²) in [5.41, 5.74) is 3.33. The van der Waals surface area contributed by atoms with Gasteiger partial charge in [0, 0.05) is 18.7 Å². The van der Waals surface area contributed by atoms with Gasteiger partial charge in [-0.3, -0.25) is 9.59 Å². The van der Waals surface area contributed by atoms with Gasteiger partial charge in [0.15, 0.2) is 0 Å². The zero-order valence-corrected chi connectivity index (χ0v) is 13.9. The molecule has 0 saturated heterocycles. The second-order valence-corrected chi connectivity index (χ2v) is 6.01. The number of aryl methyl sites for hydroxylation is 1. The Labute approximate surface area is 145 Å². The molecular formula is C19H20N2O4. The van der Waals surface area contributed by atoms with Crippen LogP contribution >= 0.6 is 0 Å². The summed E-state index contributed by atoms with van der Waals surface area (Å²) in [6, 6.07) is 12.6. The average molecular weight is 340 g/mol. The molecule has 0 radical (unpaired) electrons. The second-order valence-electron chi connectivity index (χ2n) is 6.01. The van der Waals surface area contributed by atoms with E-state index in [0.717, 1.165) is 23.3 Å². The zero-order valence-electron chi connectivity index (χ0n) is 13.9. The molecule has 1 aliphatic rings. The van der Waals surface area contributed by atoms with E-state index in [1.165, 1.54) is 0 Å². The molecule has 3 N–H and O–H groups in total. The van der Waals surface area contributed by atoms with E-state index in [2.05, 4.69) is 10.6 Å². The Kier molecular flexibility index (Phi) is 5.00. The van der Waals surface area contributed by atoms with Crippen LogP contribution in [0.3, 0.4) is 0 Å². The largest absolute Gasteiger partial charge is 0.493 e. The number of anilines is 1. The molecule has 2 aromatic carbocycles. The van der Waals surface area contributed by atoms with Crippen molar-refractivity contribution in [2.24, 2.45) is 0 Å². The van der Waals surface area contributed by atoms with Gasteiger partial charge in [0.25, 0.3) is 0 Å². The molecule has 0 aromatic heterocycles. The number of hydrogen-bond donors (Lipinski definition) is 3. The summed E-state index contributed by atoms with van der Waals surface area (Å²) in [5, 5.41) is 15.2. The number of rotatable bonds is 4. The highest BCUT2D eigenvalue weighted by Gasteiger charge is 2.18. The highest BCUT2D eigenvalue weighted by molar-refractivity contribution is 6.39. The van der Waals surface area contributed by atoms with Crippen molar-refractivity contribution in [3.8, 4) is 5.75 Å². The van der Waals surface area contributed by atoms with Gasteiger partial charge in [-0.25, -0.2) is 0 Å². The van der Waals surface area contributed by atoms with Gasteiger partial charge in [-0.2, -0.15) is 0 Å². The molecule has 2 aromatic rings. The first kappa shape index (κ1) is 17.0. The van der Waals surface area contributed by atoms with Crippen LogP contribution in [0.5, 0.6) is 5.75 Å². The summed E-state index contributed by atoms with van der Waals surface area (Å²) >= 11 is 0. The van der Waals surface area contributed by atoms with Crippen molar-refractivity contribution in [3.63, 3.8) is 0 Å². The standard InChI is InChI=1S/C19H20N2O4/c1-12-2-5-15(6-3-12)21-19(24)18(23)20-11-16(22)13-4-7-17-14(10-13)8-9-25-17/h2-7,10,16,22H,8-9,11H2,1H3,(H,20,23)(H,21,24). The van der Waals surface area contributed by atoms with E-state index in [9.17, 15) is 14.7 Å². The van der Waals surface area contributed by atoms with Crippen molar-refractivity contribution in [1.29, 1.82) is 0 Å². The number of benzene rings is 2. The molecule has 0 bridgehead atoms. The van der Waals surface area contributed by atoms with Gasteiger partial charge in [0.05, 0.1) is 12.7 Å². The Morgan fingerprint density at radius 1 is 1.16 bits per heavy atom. The lowest BCUT2D eigenvalue weighted by Gasteiger charge is -2.13. The Bertz CT molecular complexity index is 787. The topological polar surface area (TPSA) is 87.7 Å². The van der Waals surface area contributed by atoms with Crippen LogP contribution < -0.4 is 15.4 Å². The SMILES string of the molecule is Cc1ccc(NC(=O)C(=O)NCC(O)c2ccc3c(c2)CCO3)cc1. The van der Waals surface area contributed by atoms with Crippen molar-refractivity contribution in [2.75, 3.05) is 18.5 Å². The summed E-state index contributed by atoms with van der Waals surface area (Å²) < 4.78 is 5.42. The van der Waals surface area contributed by atoms with Crippen LogP contribution in [0.15, 0.2) is 42.5 Å². The first-order valence-electron chi connectivity index (χ1n) is 8.12. The van der Waals surface area contributed by atoms with Gasteiger partial charge in [-0.05, 0) is 42.3 Å². The maximum atomic E-state index is 11.9. The molecule has 25 heavy (non-hydrogen) atoms. The lowest BCUT2D eigenvalue weighted by molar-refractivity contribution is -0.136. The molecule has 0 aliphatic carbocycles. The summed E-state index contributed by atoms with van der Waals surface area (Å²) in [6.45, 7) is 2.54. The summed E-state index contributed by atoms with van der Waals surface area (Å²) in [4.78, 5) is 23.8. The average Bonchev–Trinajstić information content (AvgIpc) is 3.08. The Balaban J connectivity index is 1.52. The highest BCUT2D eigenvalue weighted by Crippen LogP contribution is 2.27. The smallest absolute Gasteiger partial charge is 0.313 e. The second kappa shape index (κ2) is 7.36. The Morgan fingerprint density at radius 3 is 2.68 bits per heavy atom. The minimum absolute atomic E-state index is 0.0419. The van der Waals surface area contributed by atoms with Crippen molar-refractivity contribution in [2.45, 2.75) is 19.4 Å². The fourth-order valence-corrected chi connectivity index (χ4v) is 2.63. The lowest BCUT2D eigenvalue weighted by atomic mass is 10.0. The van der Waals surface area contributed by atoms with Crippen LogP contribution in [0, 0.1) is 6.92 Å². The molecule has 0 fully saturated rings. The molecule has 1 aliphatic heterocycles. The van der Waals surface area contributed by atoms with E-state index < -0.39 is 17.9 Å². The van der Waals surface area contributed by atoms with Crippen molar-refractivity contribution in [1.82, 2.24) is 5.32 Å². The number of ether oxygens (including phenoxy) is 1. The van der Waals surface area contributed by atoms with Gasteiger partial charge < -0.3 is 20.5 Å². The number of hydrogen-bond acceptors (Lipinski definition) is 4. The molecule has 1 atom stereocenters. The fourth-order valence-electron chi connectivity index (χ4n) is 2.63. The van der Waals surface area contributed by atoms with E-state index in [-0.39, 0.29) is 6.54 Å². The van der Waals surface area contributed by atoms with E-state index >= 15 is 0 Å². The molecule has 2 amide bonds. The fraction of sp³-hybridized carbons (Fsp3) is 0.263. The summed E-state index contributed by atoms with van der Waals surface area (Å²) in [6.07, 6.45) is -0.0803. The van der Waals surface area contributed by atoms with Crippen molar-refractivity contribution in [3.05, 3.63) is 59.2 Å². The Hall–Kier alpha value is -2.86. The van der Waals surface area contributed by atoms with Crippen molar-refractivity contribution >= 4 is 17.5 Å². The van der Waals surface area contributed by atoms with Gasteiger partial charge in [-0.15, -0.1) is 0 Å². The molecule has 6 heteroatoms.